The number of carbonyl (C=O) groups excluding carboxylic acids is 2. The lowest BCUT2D eigenvalue weighted by atomic mass is 10.2. The summed E-state index contributed by atoms with van der Waals surface area (Å²) in [4.78, 5) is 26.7. The van der Waals surface area contributed by atoms with Crippen molar-refractivity contribution >= 4 is 46.3 Å². The molecule has 1 aliphatic rings. The Labute approximate surface area is 185 Å². The molecule has 1 aliphatic heterocycles. The molecule has 0 bridgehead atoms. The van der Waals surface area contributed by atoms with Gasteiger partial charge >= 0.3 is 6.03 Å². The number of halogens is 3. The van der Waals surface area contributed by atoms with Gasteiger partial charge < -0.3 is 15.5 Å². The third kappa shape index (κ3) is 4.80. The van der Waals surface area contributed by atoms with Crippen molar-refractivity contribution in [3.63, 3.8) is 0 Å². The fourth-order valence-corrected chi connectivity index (χ4v) is 4.31. The van der Waals surface area contributed by atoms with Crippen molar-refractivity contribution in [2.45, 2.75) is 18.9 Å². The molecule has 0 saturated carbocycles. The molecule has 11 heteroatoms. The van der Waals surface area contributed by atoms with E-state index in [9.17, 15) is 18.4 Å². The van der Waals surface area contributed by atoms with E-state index < -0.39 is 17.5 Å². The summed E-state index contributed by atoms with van der Waals surface area (Å²) in [5.41, 5.74) is 0.677. The highest BCUT2D eigenvalue weighted by Gasteiger charge is 2.33. The normalized spacial score (nSPS) is 15.7. The molecule has 0 spiro atoms. The Kier molecular flexibility index (Phi) is 6.10. The van der Waals surface area contributed by atoms with Gasteiger partial charge in [0.25, 0.3) is 5.91 Å². The zero-order valence-corrected chi connectivity index (χ0v) is 17.5. The first-order valence-corrected chi connectivity index (χ1v) is 10.5. The Morgan fingerprint density at radius 1 is 1.10 bits per heavy atom. The van der Waals surface area contributed by atoms with E-state index in [4.69, 9.17) is 11.6 Å². The Morgan fingerprint density at radius 3 is 2.68 bits per heavy atom. The van der Waals surface area contributed by atoms with Crippen LogP contribution in [0.4, 0.5) is 25.0 Å². The standard InChI is InChI=1S/C20H16ClF2N5O2S/c21-14-10-13(6-7-15(14)23)25-20(30)28-8-2-5-16(28)18-26-27-19(31-18)17(29)24-12-4-1-3-11(22)9-12/h1,3-4,6-7,9-10,16H,2,5,8H2,(H,24,29)(H,25,30)/t16-/m0/s1. The number of hydrogen-bond acceptors (Lipinski definition) is 5. The van der Waals surface area contributed by atoms with Crippen LogP contribution in [0.1, 0.15) is 33.7 Å². The molecule has 2 aromatic carbocycles. The van der Waals surface area contributed by atoms with Gasteiger partial charge in [-0.15, -0.1) is 10.2 Å². The summed E-state index contributed by atoms with van der Waals surface area (Å²) < 4.78 is 26.6. The van der Waals surface area contributed by atoms with E-state index in [1.807, 2.05) is 0 Å². The fourth-order valence-electron chi connectivity index (χ4n) is 3.25. The number of aromatic nitrogens is 2. The Morgan fingerprint density at radius 2 is 1.90 bits per heavy atom. The molecule has 1 atom stereocenters. The molecule has 3 aromatic rings. The number of anilines is 2. The molecule has 2 N–H and O–H groups in total. The lowest BCUT2D eigenvalue weighted by Gasteiger charge is -2.23. The molecule has 0 radical (unpaired) electrons. The van der Waals surface area contributed by atoms with Crippen molar-refractivity contribution < 1.29 is 18.4 Å². The minimum absolute atomic E-state index is 0.0890. The second-order valence-corrected chi connectivity index (χ2v) is 8.24. The average molecular weight is 464 g/mol. The molecule has 160 valence electrons. The SMILES string of the molecule is O=C(Nc1cccc(F)c1)c1nnc([C@@H]2CCCN2C(=O)Nc2ccc(F)c(Cl)c2)s1. The van der Waals surface area contributed by atoms with Gasteiger partial charge in [0.15, 0.2) is 0 Å². The monoisotopic (exact) mass is 463 g/mol. The van der Waals surface area contributed by atoms with E-state index in [-0.39, 0.29) is 22.1 Å². The van der Waals surface area contributed by atoms with E-state index in [0.717, 1.165) is 17.8 Å². The number of carbonyl (C=O) groups is 2. The fraction of sp³-hybridized carbons (Fsp3) is 0.200. The summed E-state index contributed by atoms with van der Waals surface area (Å²) in [6.45, 7) is 0.496. The molecular formula is C20H16ClF2N5O2S. The minimum atomic E-state index is -0.573. The van der Waals surface area contributed by atoms with Gasteiger partial charge in [0.2, 0.25) is 5.01 Å². The molecule has 3 amide bonds. The van der Waals surface area contributed by atoms with Gasteiger partial charge in [0.05, 0.1) is 11.1 Å². The number of urea groups is 1. The summed E-state index contributed by atoms with van der Waals surface area (Å²) in [7, 11) is 0. The molecule has 31 heavy (non-hydrogen) atoms. The Balaban J connectivity index is 1.45. The summed E-state index contributed by atoms with van der Waals surface area (Å²) in [6.07, 6.45) is 1.42. The van der Waals surface area contributed by atoms with E-state index in [2.05, 4.69) is 20.8 Å². The van der Waals surface area contributed by atoms with Gasteiger partial charge in [0.1, 0.15) is 16.6 Å². The first-order chi connectivity index (χ1) is 14.9. The van der Waals surface area contributed by atoms with Crippen LogP contribution in [0.5, 0.6) is 0 Å². The second-order valence-electron chi connectivity index (χ2n) is 6.82. The van der Waals surface area contributed by atoms with E-state index >= 15 is 0 Å². The van der Waals surface area contributed by atoms with Gasteiger partial charge in [0, 0.05) is 17.9 Å². The second kappa shape index (κ2) is 8.94. The summed E-state index contributed by atoms with van der Waals surface area (Å²) in [6, 6.07) is 8.73. The van der Waals surface area contributed by atoms with Gasteiger partial charge in [-0.2, -0.15) is 0 Å². The number of benzene rings is 2. The van der Waals surface area contributed by atoms with E-state index in [0.29, 0.717) is 29.3 Å². The van der Waals surface area contributed by atoms with Crippen molar-refractivity contribution in [1.29, 1.82) is 0 Å². The Bertz CT molecular complexity index is 1140. The molecular weight excluding hydrogens is 448 g/mol. The van der Waals surface area contributed by atoms with Crippen LogP contribution in [0.3, 0.4) is 0 Å². The van der Waals surface area contributed by atoms with Gasteiger partial charge in [-0.3, -0.25) is 4.79 Å². The van der Waals surface area contributed by atoms with Crippen LogP contribution >= 0.6 is 22.9 Å². The maximum absolute atomic E-state index is 13.3. The zero-order chi connectivity index (χ0) is 22.0. The topological polar surface area (TPSA) is 87.2 Å². The van der Waals surface area contributed by atoms with Gasteiger partial charge in [-0.05, 0) is 49.2 Å². The predicted octanol–water partition coefficient (Wildman–Crippen LogP) is 5.09. The van der Waals surface area contributed by atoms with Crippen LogP contribution in [0.2, 0.25) is 5.02 Å². The highest BCUT2D eigenvalue weighted by molar-refractivity contribution is 7.13. The molecule has 1 saturated heterocycles. The average Bonchev–Trinajstić information content (AvgIpc) is 3.40. The first-order valence-electron chi connectivity index (χ1n) is 9.34. The largest absolute Gasteiger partial charge is 0.322 e. The van der Waals surface area contributed by atoms with Crippen LogP contribution in [0.25, 0.3) is 0 Å². The molecule has 0 aliphatic carbocycles. The number of amides is 3. The first kappa shape index (κ1) is 21.1. The van der Waals surface area contributed by atoms with Gasteiger partial charge in [-0.25, -0.2) is 13.6 Å². The van der Waals surface area contributed by atoms with E-state index in [1.54, 1.807) is 11.0 Å². The summed E-state index contributed by atoms with van der Waals surface area (Å²) >= 11 is 6.84. The minimum Gasteiger partial charge on any atom is -0.320 e. The number of hydrogen-bond donors (Lipinski definition) is 2. The van der Waals surface area contributed by atoms with Crippen molar-refractivity contribution in [3.8, 4) is 0 Å². The van der Waals surface area contributed by atoms with Crippen molar-refractivity contribution in [2.75, 3.05) is 17.2 Å². The molecule has 4 rings (SSSR count). The van der Waals surface area contributed by atoms with Crippen molar-refractivity contribution in [3.05, 3.63) is 69.1 Å². The lowest BCUT2D eigenvalue weighted by Crippen LogP contribution is -2.34. The molecule has 0 unspecified atom stereocenters. The molecule has 2 heterocycles. The maximum atomic E-state index is 13.3. The van der Waals surface area contributed by atoms with Crippen molar-refractivity contribution in [1.82, 2.24) is 15.1 Å². The van der Waals surface area contributed by atoms with E-state index in [1.165, 1.54) is 36.4 Å². The zero-order valence-electron chi connectivity index (χ0n) is 15.9. The smallest absolute Gasteiger partial charge is 0.320 e. The van der Waals surface area contributed by atoms with Crippen LogP contribution in [0, 0.1) is 11.6 Å². The summed E-state index contributed by atoms with van der Waals surface area (Å²) in [5.74, 6) is -1.55. The third-order valence-corrected chi connectivity index (χ3v) is 6.00. The number of nitrogens with one attached hydrogen (secondary N) is 2. The summed E-state index contributed by atoms with van der Waals surface area (Å²) in [5, 5.41) is 13.8. The highest BCUT2D eigenvalue weighted by atomic mass is 35.5. The van der Waals surface area contributed by atoms with Crippen LogP contribution < -0.4 is 10.6 Å². The lowest BCUT2D eigenvalue weighted by molar-refractivity contribution is 0.102. The third-order valence-electron chi connectivity index (χ3n) is 4.69. The maximum Gasteiger partial charge on any atom is 0.322 e. The van der Waals surface area contributed by atoms with Crippen LogP contribution in [-0.4, -0.2) is 33.6 Å². The molecule has 1 aromatic heterocycles. The quantitative estimate of drug-likeness (QED) is 0.564. The number of rotatable bonds is 4. The number of nitrogens with zero attached hydrogens (tertiary/aromatic N) is 3. The van der Waals surface area contributed by atoms with Gasteiger partial charge in [-0.1, -0.05) is 29.0 Å². The molecule has 7 nitrogen and oxygen atoms in total. The van der Waals surface area contributed by atoms with Crippen LogP contribution in [-0.2, 0) is 0 Å². The molecule has 1 fully saturated rings. The predicted molar refractivity (Wildman–Crippen MR) is 113 cm³/mol. The highest BCUT2D eigenvalue weighted by Crippen LogP contribution is 2.34. The van der Waals surface area contributed by atoms with Crippen LogP contribution in [0.15, 0.2) is 42.5 Å². The Hall–Kier alpha value is -3.11. The van der Waals surface area contributed by atoms with Crippen molar-refractivity contribution in [2.24, 2.45) is 0 Å². The number of likely N-dealkylation sites (tertiary alicyclic amines) is 1.